The van der Waals surface area contributed by atoms with Crippen LogP contribution in [0.5, 0.6) is 0 Å². The summed E-state index contributed by atoms with van der Waals surface area (Å²) in [6.45, 7) is 0. The molecule has 0 spiro atoms. The SMILES string of the molecule is O=C(CCCc1ccccc1)Nc1ncc(Br)nc1Br. The first-order chi connectivity index (χ1) is 9.65. The molecule has 0 bridgehead atoms. The van der Waals surface area contributed by atoms with Gasteiger partial charge in [0, 0.05) is 6.42 Å². The van der Waals surface area contributed by atoms with E-state index in [1.807, 2.05) is 18.2 Å². The number of benzene rings is 1. The second kappa shape index (κ2) is 7.50. The molecule has 2 rings (SSSR count). The lowest BCUT2D eigenvalue weighted by atomic mass is 10.1. The smallest absolute Gasteiger partial charge is 0.225 e. The third kappa shape index (κ3) is 4.68. The molecular formula is C14H13Br2N3O. The van der Waals surface area contributed by atoms with Crippen LogP contribution in [0.4, 0.5) is 5.82 Å². The van der Waals surface area contributed by atoms with Crippen LogP contribution >= 0.6 is 31.9 Å². The van der Waals surface area contributed by atoms with Crippen molar-refractivity contribution in [3.05, 3.63) is 51.3 Å². The van der Waals surface area contributed by atoms with Crippen molar-refractivity contribution in [1.82, 2.24) is 9.97 Å². The molecule has 20 heavy (non-hydrogen) atoms. The number of hydrogen-bond donors (Lipinski definition) is 1. The number of hydrogen-bond acceptors (Lipinski definition) is 3. The Balaban J connectivity index is 1.81. The molecule has 0 aliphatic heterocycles. The summed E-state index contributed by atoms with van der Waals surface area (Å²) in [6.07, 6.45) is 3.70. The molecule has 1 aromatic carbocycles. The zero-order valence-electron chi connectivity index (χ0n) is 10.6. The molecule has 1 N–H and O–H groups in total. The van der Waals surface area contributed by atoms with Crippen LogP contribution in [0.15, 0.2) is 45.7 Å². The average molecular weight is 399 g/mol. The number of carbonyl (C=O) groups excluding carboxylic acids is 1. The Labute approximate surface area is 134 Å². The predicted molar refractivity (Wildman–Crippen MR) is 85.4 cm³/mol. The van der Waals surface area contributed by atoms with Crippen LogP contribution in [0, 0.1) is 0 Å². The van der Waals surface area contributed by atoms with E-state index in [4.69, 9.17) is 0 Å². The molecule has 0 saturated heterocycles. The van der Waals surface area contributed by atoms with E-state index >= 15 is 0 Å². The third-order valence-electron chi connectivity index (χ3n) is 2.67. The Morgan fingerprint density at radius 1 is 1.20 bits per heavy atom. The van der Waals surface area contributed by atoms with Gasteiger partial charge in [-0.1, -0.05) is 30.3 Å². The number of rotatable bonds is 5. The van der Waals surface area contributed by atoms with E-state index in [0.717, 1.165) is 12.8 Å². The molecule has 0 unspecified atom stereocenters. The minimum Gasteiger partial charge on any atom is -0.308 e. The molecule has 6 heteroatoms. The highest BCUT2D eigenvalue weighted by molar-refractivity contribution is 9.11. The van der Waals surface area contributed by atoms with Crippen molar-refractivity contribution in [3.8, 4) is 0 Å². The van der Waals surface area contributed by atoms with E-state index in [1.54, 1.807) is 6.20 Å². The fourth-order valence-electron chi connectivity index (χ4n) is 1.72. The van der Waals surface area contributed by atoms with Gasteiger partial charge in [0.25, 0.3) is 0 Å². The van der Waals surface area contributed by atoms with Crippen LogP contribution in [-0.4, -0.2) is 15.9 Å². The van der Waals surface area contributed by atoms with Crippen molar-refractivity contribution in [1.29, 1.82) is 0 Å². The topological polar surface area (TPSA) is 54.9 Å². The number of anilines is 1. The number of aromatic nitrogens is 2. The lowest BCUT2D eigenvalue weighted by Gasteiger charge is -2.06. The maximum atomic E-state index is 11.8. The van der Waals surface area contributed by atoms with Crippen molar-refractivity contribution in [2.75, 3.05) is 5.32 Å². The average Bonchev–Trinajstić information content (AvgIpc) is 2.43. The molecule has 2 aromatic rings. The normalized spacial score (nSPS) is 10.3. The van der Waals surface area contributed by atoms with Gasteiger partial charge in [-0.2, -0.15) is 0 Å². The Morgan fingerprint density at radius 2 is 1.95 bits per heavy atom. The van der Waals surface area contributed by atoms with Gasteiger partial charge in [0.15, 0.2) is 5.82 Å². The van der Waals surface area contributed by atoms with Gasteiger partial charge in [-0.3, -0.25) is 4.79 Å². The van der Waals surface area contributed by atoms with Crippen LogP contribution in [0.1, 0.15) is 18.4 Å². The predicted octanol–water partition coefficient (Wildman–Crippen LogP) is 3.96. The zero-order valence-corrected chi connectivity index (χ0v) is 13.8. The monoisotopic (exact) mass is 397 g/mol. The van der Waals surface area contributed by atoms with E-state index in [2.05, 4.69) is 59.3 Å². The summed E-state index contributed by atoms with van der Waals surface area (Å²) in [5, 5.41) is 2.74. The number of nitrogens with zero attached hydrogens (tertiary/aromatic N) is 2. The fraction of sp³-hybridized carbons (Fsp3) is 0.214. The molecule has 104 valence electrons. The lowest BCUT2D eigenvalue weighted by Crippen LogP contribution is -2.13. The molecule has 1 aromatic heterocycles. The van der Waals surface area contributed by atoms with E-state index in [9.17, 15) is 4.79 Å². The van der Waals surface area contributed by atoms with Crippen molar-refractivity contribution in [2.24, 2.45) is 0 Å². The number of nitrogens with one attached hydrogen (secondary N) is 1. The highest BCUT2D eigenvalue weighted by Crippen LogP contribution is 2.19. The van der Waals surface area contributed by atoms with E-state index in [0.29, 0.717) is 21.4 Å². The van der Waals surface area contributed by atoms with Gasteiger partial charge in [-0.25, -0.2) is 9.97 Å². The summed E-state index contributed by atoms with van der Waals surface area (Å²) in [7, 11) is 0. The maximum Gasteiger partial charge on any atom is 0.225 e. The minimum absolute atomic E-state index is 0.0572. The minimum atomic E-state index is -0.0572. The van der Waals surface area contributed by atoms with Crippen LogP contribution in [0.25, 0.3) is 0 Å². The molecule has 1 heterocycles. The van der Waals surface area contributed by atoms with Gasteiger partial charge >= 0.3 is 0 Å². The highest BCUT2D eigenvalue weighted by Gasteiger charge is 2.08. The Hall–Kier alpha value is -1.27. The Morgan fingerprint density at radius 3 is 2.65 bits per heavy atom. The second-order valence-corrected chi connectivity index (χ2v) is 5.78. The quantitative estimate of drug-likeness (QED) is 0.829. The molecule has 0 fully saturated rings. The molecule has 0 radical (unpaired) electrons. The molecule has 1 amide bonds. The fourth-order valence-corrected chi connectivity index (χ4v) is 2.63. The largest absolute Gasteiger partial charge is 0.308 e. The standard InChI is InChI=1S/C14H13Br2N3O/c15-11-9-17-14(13(16)18-11)19-12(20)8-4-7-10-5-2-1-3-6-10/h1-3,5-6,9H,4,7-8H2,(H,17,19,20). The van der Waals surface area contributed by atoms with Gasteiger partial charge in [0.1, 0.15) is 9.21 Å². The summed E-state index contributed by atoms with van der Waals surface area (Å²) in [5.41, 5.74) is 1.24. The van der Waals surface area contributed by atoms with Gasteiger partial charge < -0.3 is 5.32 Å². The Bertz CT molecular complexity index is 590. The lowest BCUT2D eigenvalue weighted by molar-refractivity contribution is -0.116. The Kier molecular flexibility index (Phi) is 5.67. The van der Waals surface area contributed by atoms with Crippen molar-refractivity contribution >= 4 is 43.6 Å². The highest BCUT2D eigenvalue weighted by atomic mass is 79.9. The van der Waals surface area contributed by atoms with Crippen molar-refractivity contribution < 1.29 is 4.79 Å². The molecule has 4 nitrogen and oxygen atoms in total. The number of aryl methyl sites for hydroxylation is 1. The number of halogens is 2. The summed E-state index contributed by atoms with van der Waals surface area (Å²) in [6, 6.07) is 10.1. The van der Waals surface area contributed by atoms with Crippen LogP contribution in [0.2, 0.25) is 0 Å². The molecular weight excluding hydrogens is 386 g/mol. The molecule has 0 saturated carbocycles. The van der Waals surface area contributed by atoms with Crippen LogP contribution in [-0.2, 0) is 11.2 Å². The summed E-state index contributed by atoms with van der Waals surface area (Å²) >= 11 is 6.48. The first-order valence-corrected chi connectivity index (χ1v) is 7.75. The van der Waals surface area contributed by atoms with Gasteiger partial charge in [0.2, 0.25) is 5.91 Å². The van der Waals surface area contributed by atoms with Crippen molar-refractivity contribution in [3.63, 3.8) is 0 Å². The van der Waals surface area contributed by atoms with Crippen molar-refractivity contribution in [2.45, 2.75) is 19.3 Å². The van der Waals surface area contributed by atoms with Gasteiger partial charge in [0.05, 0.1) is 6.20 Å². The maximum absolute atomic E-state index is 11.8. The number of carbonyl (C=O) groups is 1. The van der Waals surface area contributed by atoms with Gasteiger partial charge in [-0.15, -0.1) is 0 Å². The zero-order chi connectivity index (χ0) is 14.4. The third-order valence-corrected chi connectivity index (χ3v) is 3.61. The second-order valence-electron chi connectivity index (χ2n) is 4.22. The molecule has 0 atom stereocenters. The van der Waals surface area contributed by atoms with Crippen LogP contribution < -0.4 is 5.32 Å². The van der Waals surface area contributed by atoms with E-state index < -0.39 is 0 Å². The molecule has 0 aliphatic carbocycles. The first-order valence-electron chi connectivity index (χ1n) is 6.17. The van der Waals surface area contributed by atoms with Gasteiger partial charge in [-0.05, 0) is 50.3 Å². The summed E-state index contributed by atoms with van der Waals surface area (Å²) in [4.78, 5) is 20.0. The van der Waals surface area contributed by atoms with Crippen LogP contribution in [0.3, 0.4) is 0 Å². The van der Waals surface area contributed by atoms with E-state index in [-0.39, 0.29) is 5.91 Å². The molecule has 0 aliphatic rings. The first kappa shape index (κ1) is 15.1. The van der Waals surface area contributed by atoms with E-state index in [1.165, 1.54) is 5.56 Å². The summed E-state index contributed by atoms with van der Waals surface area (Å²) < 4.78 is 1.13. The summed E-state index contributed by atoms with van der Waals surface area (Å²) in [5.74, 6) is 0.385. The number of amides is 1.